The first-order valence-electron chi connectivity index (χ1n) is 22.8. The summed E-state index contributed by atoms with van der Waals surface area (Å²) in [5.74, 6) is -2.30. The zero-order chi connectivity index (χ0) is 51.7. The lowest BCUT2D eigenvalue weighted by atomic mass is 9.77. The van der Waals surface area contributed by atoms with Gasteiger partial charge in [0.2, 0.25) is 0 Å². The number of halogens is 1. The Kier molecular flexibility index (Phi) is 16.6. The molecular formula is C54H50ClN5O10S3. The molecule has 19 heteroatoms. The van der Waals surface area contributed by atoms with Crippen LogP contribution < -0.4 is 20.1 Å². The van der Waals surface area contributed by atoms with Crippen molar-refractivity contribution in [2.45, 2.75) is 67.2 Å². The van der Waals surface area contributed by atoms with Crippen molar-refractivity contribution in [1.82, 2.24) is 15.2 Å². The molecule has 2 aliphatic rings. The zero-order valence-electron chi connectivity index (χ0n) is 40.2. The predicted molar refractivity (Wildman–Crippen MR) is 281 cm³/mol. The maximum absolute atomic E-state index is 14.8. The van der Waals surface area contributed by atoms with Gasteiger partial charge in [0.25, 0.3) is 17.3 Å². The summed E-state index contributed by atoms with van der Waals surface area (Å²) < 4.78 is 21.8. The van der Waals surface area contributed by atoms with Gasteiger partial charge in [-0.25, -0.2) is 14.6 Å². The predicted octanol–water partition coefficient (Wildman–Crippen LogP) is 9.30. The van der Waals surface area contributed by atoms with Crippen LogP contribution in [-0.2, 0) is 50.4 Å². The number of thioether (sulfide) groups is 2. The van der Waals surface area contributed by atoms with Crippen molar-refractivity contribution in [2.75, 3.05) is 24.1 Å². The van der Waals surface area contributed by atoms with Crippen LogP contribution in [0.5, 0.6) is 11.5 Å². The monoisotopic (exact) mass is 1060 g/mol. The number of methoxy groups -OCH3 is 1. The number of β-lactam (4-membered cyclic amide) rings is 1. The molecule has 2 amide bonds. The summed E-state index contributed by atoms with van der Waals surface area (Å²) in [6, 6.07) is 41.9. The number of nitrogens with zero attached hydrogens (tertiary/aromatic N) is 3. The average molecular weight is 1060 g/mol. The standard InChI is InChI=1S/C54H50ClN5O10S3/c1-33(61)68-40-25-27-41(28-26-40)73-51(50(65)69-53(2,3)4)70-59-43(42-32-72-52(56-42)58-54(36-15-9-6-10-16-36,37-17-11-7-12-18-37)38-19-13-8-14-20-38)46(62)57-44-47(63)60-45(35(29-55)31-71-48(44)60)49(64)67-30-34-21-23-39(66-5)24-22-34/h6-28,32,44,48,51H,29-31H2,1-5H3,(H,56,58)(H,57,62)/b59-43-. The number of nitrogens with one attached hydrogen (secondary N) is 2. The molecule has 15 nitrogen and oxygen atoms in total. The fourth-order valence-corrected chi connectivity index (χ4v) is 11.1. The molecule has 1 aromatic heterocycles. The highest BCUT2D eigenvalue weighted by atomic mass is 35.5. The molecule has 0 saturated carbocycles. The largest absolute Gasteiger partial charge is 0.497 e. The molecule has 3 unspecified atom stereocenters. The number of thiazole rings is 1. The van der Waals surface area contributed by atoms with E-state index in [9.17, 15) is 24.0 Å². The summed E-state index contributed by atoms with van der Waals surface area (Å²) in [7, 11) is 1.55. The normalized spacial score (nSPS) is 16.1. The third kappa shape index (κ3) is 12.2. The number of oxime groups is 1. The van der Waals surface area contributed by atoms with Crippen molar-refractivity contribution in [1.29, 1.82) is 0 Å². The van der Waals surface area contributed by atoms with Gasteiger partial charge in [-0.2, -0.15) is 0 Å². The minimum atomic E-state index is -1.47. The highest BCUT2D eigenvalue weighted by molar-refractivity contribution is 8.00. The molecule has 0 bridgehead atoms. The van der Waals surface area contributed by atoms with Gasteiger partial charge in [-0.3, -0.25) is 19.3 Å². The van der Waals surface area contributed by atoms with E-state index in [0.29, 0.717) is 32.7 Å². The van der Waals surface area contributed by atoms with Gasteiger partial charge in [0.15, 0.2) is 10.8 Å². The first-order chi connectivity index (χ1) is 35.2. The van der Waals surface area contributed by atoms with Crippen molar-refractivity contribution in [3.63, 3.8) is 0 Å². The number of hydrogen-bond acceptors (Lipinski definition) is 16. The van der Waals surface area contributed by atoms with Crippen LogP contribution in [0.1, 0.15) is 55.6 Å². The van der Waals surface area contributed by atoms with Gasteiger partial charge >= 0.3 is 17.9 Å². The Bertz CT molecular complexity index is 2910. The maximum atomic E-state index is 14.8. The number of carbonyl (C=O) groups excluding carboxylic acids is 5. The summed E-state index contributed by atoms with van der Waals surface area (Å²) >= 11 is 9.80. The molecule has 0 aliphatic carbocycles. The van der Waals surface area contributed by atoms with Crippen molar-refractivity contribution >= 4 is 87.0 Å². The molecule has 1 saturated heterocycles. The summed E-state index contributed by atoms with van der Waals surface area (Å²) in [6.45, 7) is 6.32. The van der Waals surface area contributed by atoms with E-state index >= 15 is 0 Å². The Balaban J connectivity index is 1.13. The van der Waals surface area contributed by atoms with Crippen LogP contribution in [0.15, 0.2) is 166 Å². The smallest absolute Gasteiger partial charge is 0.361 e. The van der Waals surface area contributed by atoms with Crippen LogP contribution in [0.2, 0.25) is 0 Å². The zero-order valence-corrected chi connectivity index (χ0v) is 43.4. The van der Waals surface area contributed by atoms with Crippen LogP contribution in [0.4, 0.5) is 5.13 Å². The van der Waals surface area contributed by atoms with Crippen LogP contribution in [0.3, 0.4) is 0 Å². The van der Waals surface area contributed by atoms with Gasteiger partial charge in [0.1, 0.15) is 52.1 Å². The van der Waals surface area contributed by atoms with E-state index in [2.05, 4.69) is 15.8 Å². The molecule has 73 heavy (non-hydrogen) atoms. The second-order valence-corrected chi connectivity index (χ2v) is 20.8. The highest BCUT2D eigenvalue weighted by Crippen LogP contribution is 2.43. The number of amides is 2. The minimum Gasteiger partial charge on any atom is -0.497 e. The number of alkyl halides is 1. The summed E-state index contributed by atoms with van der Waals surface area (Å²) in [4.78, 5) is 80.9. The maximum Gasteiger partial charge on any atom is 0.361 e. The third-order valence-corrected chi connectivity index (χ3v) is 14.7. The van der Waals surface area contributed by atoms with E-state index in [1.807, 2.05) is 91.0 Å². The fraction of sp³-hybridized carbons (Fsp3) is 0.241. The highest BCUT2D eigenvalue weighted by Gasteiger charge is 2.55. The topological polar surface area (TPSA) is 184 Å². The Morgan fingerprint density at radius 2 is 1.44 bits per heavy atom. The molecule has 3 heterocycles. The van der Waals surface area contributed by atoms with Gasteiger partial charge in [0, 0.05) is 28.8 Å². The lowest BCUT2D eigenvalue weighted by molar-refractivity contribution is -0.162. The summed E-state index contributed by atoms with van der Waals surface area (Å²) in [5.41, 5.74) is 0.246. The first kappa shape index (κ1) is 52.2. The van der Waals surface area contributed by atoms with Gasteiger partial charge in [0.05, 0.1) is 7.11 Å². The van der Waals surface area contributed by atoms with Crippen molar-refractivity contribution in [3.05, 3.63) is 184 Å². The second-order valence-electron chi connectivity index (χ2n) is 17.5. The summed E-state index contributed by atoms with van der Waals surface area (Å²) in [5, 5.41) is 12.2. The average Bonchev–Trinajstić information content (AvgIpc) is 3.86. The van der Waals surface area contributed by atoms with Crippen molar-refractivity contribution < 1.29 is 47.8 Å². The van der Waals surface area contributed by atoms with Crippen molar-refractivity contribution in [3.8, 4) is 11.5 Å². The summed E-state index contributed by atoms with van der Waals surface area (Å²) in [6.07, 6.45) is 0. The molecule has 2 aliphatic heterocycles. The van der Waals surface area contributed by atoms with E-state index in [1.165, 1.54) is 34.9 Å². The number of fused-ring (bicyclic) bond motifs is 1. The molecular weight excluding hydrogens is 1010 g/mol. The van der Waals surface area contributed by atoms with Crippen LogP contribution in [0.25, 0.3) is 0 Å². The Labute approximate surface area is 439 Å². The molecule has 6 aromatic rings. The molecule has 5 aromatic carbocycles. The van der Waals surface area contributed by atoms with E-state index in [1.54, 1.807) is 81.8 Å². The minimum absolute atomic E-state index is 0.0204. The number of anilines is 1. The molecule has 0 radical (unpaired) electrons. The molecule has 376 valence electrons. The number of benzene rings is 5. The van der Waals surface area contributed by atoms with E-state index in [4.69, 9.17) is 40.4 Å². The van der Waals surface area contributed by atoms with E-state index < -0.39 is 57.7 Å². The van der Waals surface area contributed by atoms with E-state index in [-0.39, 0.29) is 35.3 Å². The number of aromatic nitrogens is 1. The number of hydrogen-bond donors (Lipinski definition) is 2. The number of ether oxygens (including phenoxy) is 4. The fourth-order valence-electron chi connectivity index (χ4n) is 7.95. The van der Waals surface area contributed by atoms with Gasteiger partial charge in [-0.05, 0) is 85.0 Å². The quantitative estimate of drug-likeness (QED) is 0.00900. The first-order valence-corrected chi connectivity index (χ1v) is 26.2. The molecule has 1 fully saturated rings. The molecule has 0 spiro atoms. The molecule has 2 N–H and O–H groups in total. The van der Waals surface area contributed by atoms with Crippen LogP contribution >= 0.6 is 46.5 Å². The third-order valence-electron chi connectivity index (χ3n) is 11.3. The lowest BCUT2D eigenvalue weighted by Gasteiger charge is -2.49. The van der Waals surface area contributed by atoms with Crippen LogP contribution in [-0.4, -0.2) is 86.5 Å². The lowest BCUT2D eigenvalue weighted by Crippen LogP contribution is -2.71. The second kappa shape index (κ2) is 23.2. The number of esters is 3. The van der Waals surface area contributed by atoms with Gasteiger partial charge < -0.3 is 34.4 Å². The Morgan fingerprint density at radius 1 is 0.849 bits per heavy atom. The number of carbonyl (C=O) groups is 5. The molecule has 3 atom stereocenters. The molecule has 8 rings (SSSR count). The SMILES string of the molecule is COc1ccc(COC(=O)C2=C(CCl)CSC3C(NC(=O)/C(=N\OC(Sc4ccc(OC(C)=O)cc4)C(=O)OC(C)(C)C)c4csc(NC(c5ccccc5)(c5ccccc5)c5ccccc5)n4)C(=O)N23)cc1. The van der Waals surface area contributed by atoms with Gasteiger partial charge in [-0.15, -0.1) is 34.7 Å². The number of rotatable bonds is 19. The van der Waals surface area contributed by atoms with Gasteiger partial charge in [-0.1, -0.05) is 120 Å². The van der Waals surface area contributed by atoms with Crippen molar-refractivity contribution in [2.24, 2.45) is 5.16 Å². The van der Waals surface area contributed by atoms with Crippen LogP contribution in [0, 0.1) is 0 Å². The Hall–Kier alpha value is -7.12. The Morgan fingerprint density at radius 3 is 1.99 bits per heavy atom. The van der Waals surface area contributed by atoms with E-state index in [0.717, 1.165) is 28.5 Å².